The van der Waals surface area contributed by atoms with Crippen LogP contribution in [0.3, 0.4) is 0 Å². The van der Waals surface area contributed by atoms with E-state index in [1.165, 1.54) is 89.9 Å². The number of allylic oxidation sites excluding steroid dienone is 9. The lowest BCUT2D eigenvalue weighted by atomic mass is 9.99. The van der Waals surface area contributed by atoms with Gasteiger partial charge in [0.2, 0.25) is 5.91 Å². The van der Waals surface area contributed by atoms with Crippen LogP contribution in [0.5, 0.6) is 0 Å². The number of ether oxygens (including phenoxy) is 2. The summed E-state index contributed by atoms with van der Waals surface area (Å²) in [4.78, 5) is 12.9. The van der Waals surface area contributed by atoms with Gasteiger partial charge in [0, 0.05) is 6.42 Å². The van der Waals surface area contributed by atoms with Crippen molar-refractivity contribution in [3.8, 4) is 0 Å². The van der Waals surface area contributed by atoms with Gasteiger partial charge in [0.15, 0.2) is 6.29 Å². The van der Waals surface area contributed by atoms with Crippen molar-refractivity contribution in [3.63, 3.8) is 0 Å². The third-order valence-electron chi connectivity index (χ3n) is 10.3. The fourth-order valence-electron chi connectivity index (χ4n) is 6.71. The molecule has 56 heavy (non-hydrogen) atoms. The van der Waals surface area contributed by atoms with E-state index in [0.717, 1.165) is 57.8 Å². The number of rotatable bonds is 36. The molecule has 6 N–H and O–H groups in total. The summed E-state index contributed by atoms with van der Waals surface area (Å²) in [6.07, 6.45) is 41.3. The number of aliphatic hydroxyl groups excluding tert-OH is 5. The zero-order valence-electron chi connectivity index (χ0n) is 35.4. The fraction of sp³-hybridized carbons (Fsp3) is 0.766. The third-order valence-corrected chi connectivity index (χ3v) is 10.3. The lowest BCUT2D eigenvalue weighted by Gasteiger charge is -2.40. The maximum absolute atomic E-state index is 12.9. The van der Waals surface area contributed by atoms with E-state index in [4.69, 9.17) is 9.47 Å². The monoisotopic (exact) mass is 790 g/mol. The number of aliphatic hydroxyl groups is 5. The summed E-state index contributed by atoms with van der Waals surface area (Å²) in [5, 5.41) is 54.1. The molecule has 0 radical (unpaired) electrons. The second kappa shape index (κ2) is 37.2. The van der Waals surface area contributed by atoms with Gasteiger partial charge in [0.1, 0.15) is 24.4 Å². The molecule has 1 amide bonds. The molecule has 324 valence electrons. The number of hydrogen-bond acceptors (Lipinski definition) is 8. The van der Waals surface area contributed by atoms with Crippen LogP contribution in [-0.2, 0) is 14.3 Å². The van der Waals surface area contributed by atoms with Crippen molar-refractivity contribution in [3.05, 3.63) is 60.8 Å². The molecule has 0 aromatic rings. The summed E-state index contributed by atoms with van der Waals surface area (Å²) in [6.45, 7) is 3.61. The van der Waals surface area contributed by atoms with Gasteiger partial charge in [-0.25, -0.2) is 0 Å². The summed E-state index contributed by atoms with van der Waals surface area (Å²) in [7, 11) is 0. The lowest BCUT2D eigenvalue weighted by Crippen LogP contribution is -2.60. The number of unbranched alkanes of at least 4 members (excludes halogenated alkanes) is 18. The number of carbonyl (C=O) groups is 1. The van der Waals surface area contributed by atoms with Crippen molar-refractivity contribution in [1.82, 2.24) is 5.32 Å². The Kier molecular flexibility index (Phi) is 34.5. The SMILES string of the molecule is CC/C=C\C/C=C\C/C=C\CCCCCC(=O)NC(COC1OC(CO)C(O)C(O)C1O)C(O)/C=C/CC/C=C/CCCCCCCCCCCCCCCC. The largest absolute Gasteiger partial charge is 0.394 e. The number of hydrogen-bond donors (Lipinski definition) is 6. The summed E-state index contributed by atoms with van der Waals surface area (Å²) in [6, 6.07) is -0.838. The van der Waals surface area contributed by atoms with Crippen LogP contribution in [-0.4, -0.2) is 87.5 Å². The smallest absolute Gasteiger partial charge is 0.220 e. The molecule has 7 atom stereocenters. The third kappa shape index (κ3) is 27.5. The van der Waals surface area contributed by atoms with E-state index in [1.54, 1.807) is 6.08 Å². The average molecular weight is 790 g/mol. The summed E-state index contributed by atoms with van der Waals surface area (Å²) in [5.74, 6) is -0.218. The maximum atomic E-state index is 12.9. The molecule has 1 aliphatic rings. The van der Waals surface area contributed by atoms with E-state index >= 15 is 0 Å². The van der Waals surface area contributed by atoms with Crippen molar-refractivity contribution in [1.29, 1.82) is 0 Å². The molecule has 0 aromatic heterocycles. The molecule has 1 heterocycles. The topological polar surface area (TPSA) is 149 Å². The summed E-state index contributed by atoms with van der Waals surface area (Å²) >= 11 is 0. The molecule has 9 nitrogen and oxygen atoms in total. The minimum atomic E-state index is -1.58. The van der Waals surface area contributed by atoms with Gasteiger partial charge in [-0.1, -0.05) is 164 Å². The van der Waals surface area contributed by atoms with Crippen LogP contribution in [0.4, 0.5) is 0 Å². The fourth-order valence-corrected chi connectivity index (χ4v) is 6.71. The van der Waals surface area contributed by atoms with Gasteiger partial charge in [-0.15, -0.1) is 0 Å². The van der Waals surface area contributed by atoms with E-state index in [-0.39, 0.29) is 12.5 Å². The predicted molar refractivity (Wildman–Crippen MR) is 230 cm³/mol. The molecule has 0 saturated carbocycles. The Morgan fingerprint density at radius 2 is 1.12 bits per heavy atom. The first kappa shape index (κ1) is 51.9. The molecule has 9 heteroatoms. The molecule has 1 rings (SSSR count). The highest BCUT2D eigenvalue weighted by Gasteiger charge is 2.44. The van der Waals surface area contributed by atoms with Crippen LogP contribution in [0.1, 0.15) is 174 Å². The summed E-state index contributed by atoms with van der Waals surface area (Å²) in [5.41, 5.74) is 0. The van der Waals surface area contributed by atoms with Crippen molar-refractivity contribution in [2.75, 3.05) is 13.2 Å². The Balaban J connectivity index is 2.40. The van der Waals surface area contributed by atoms with Crippen molar-refractivity contribution >= 4 is 5.91 Å². The van der Waals surface area contributed by atoms with Crippen LogP contribution in [0.25, 0.3) is 0 Å². The van der Waals surface area contributed by atoms with E-state index < -0.39 is 49.5 Å². The highest BCUT2D eigenvalue weighted by atomic mass is 16.7. The van der Waals surface area contributed by atoms with Crippen LogP contribution < -0.4 is 5.32 Å². The van der Waals surface area contributed by atoms with Crippen molar-refractivity contribution in [2.45, 2.75) is 217 Å². The summed E-state index contributed by atoms with van der Waals surface area (Å²) < 4.78 is 11.2. The lowest BCUT2D eigenvalue weighted by molar-refractivity contribution is -0.302. The van der Waals surface area contributed by atoms with Crippen molar-refractivity contribution < 1.29 is 39.8 Å². The van der Waals surface area contributed by atoms with E-state index in [0.29, 0.717) is 12.8 Å². The van der Waals surface area contributed by atoms with Crippen LogP contribution in [0.15, 0.2) is 60.8 Å². The number of amides is 1. The Hall–Kier alpha value is -2.11. The predicted octanol–water partition coefficient (Wildman–Crippen LogP) is 9.22. The molecule has 1 saturated heterocycles. The second-order valence-corrected chi connectivity index (χ2v) is 15.5. The Morgan fingerprint density at radius 3 is 1.71 bits per heavy atom. The molecule has 0 spiro atoms. The zero-order valence-corrected chi connectivity index (χ0v) is 35.4. The molecule has 0 aromatic carbocycles. The van der Waals surface area contributed by atoms with Gasteiger partial charge in [0.25, 0.3) is 0 Å². The minimum Gasteiger partial charge on any atom is -0.394 e. The van der Waals surface area contributed by atoms with Gasteiger partial charge in [-0.3, -0.25) is 4.79 Å². The van der Waals surface area contributed by atoms with E-state index in [9.17, 15) is 30.3 Å². The molecule has 1 fully saturated rings. The van der Waals surface area contributed by atoms with E-state index in [1.807, 2.05) is 6.08 Å². The first-order chi connectivity index (χ1) is 27.3. The quantitative estimate of drug-likeness (QED) is 0.0272. The van der Waals surface area contributed by atoms with Crippen LogP contribution in [0.2, 0.25) is 0 Å². The standard InChI is InChI=1S/C47H83NO8/c1-3-5-7-9-11-13-15-17-18-19-20-21-22-23-25-26-28-30-32-34-36-41(50)40(39-55-47-46(54)45(53)44(52)42(38-49)56-47)48-43(51)37-35-33-31-29-27-24-16-14-12-10-8-6-4-2/h6,8,12,14,24,26-28,34,36,40-42,44-47,49-50,52-54H,3-5,7,9-11,13,15-23,25,29-33,35,37-39H2,1-2H3,(H,48,51)/b8-6-,14-12-,27-24-,28-26+,36-34+. The van der Waals surface area contributed by atoms with Gasteiger partial charge in [0.05, 0.1) is 25.4 Å². The average Bonchev–Trinajstić information content (AvgIpc) is 3.20. The Morgan fingerprint density at radius 1 is 0.625 bits per heavy atom. The van der Waals surface area contributed by atoms with E-state index in [2.05, 4.69) is 67.8 Å². The molecular formula is C47H83NO8. The molecule has 0 bridgehead atoms. The molecule has 0 aliphatic carbocycles. The highest BCUT2D eigenvalue weighted by Crippen LogP contribution is 2.22. The van der Waals surface area contributed by atoms with Gasteiger partial charge < -0.3 is 40.3 Å². The van der Waals surface area contributed by atoms with Gasteiger partial charge in [-0.2, -0.15) is 0 Å². The Bertz CT molecular complexity index is 1060. The molecular weight excluding hydrogens is 707 g/mol. The molecule has 7 unspecified atom stereocenters. The number of nitrogens with one attached hydrogen (secondary N) is 1. The van der Waals surface area contributed by atoms with Gasteiger partial charge in [-0.05, 0) is 64.2 Å². The zero-order chi connectivity index (χ0) is 40.9. The van der Waals surface area contributed by atoms with Crippen molar-refractivity contribution in [2.24, 2.45) is 0 Å². The second-order valence-electron chi connectivity index (χ2n) is 15.5. The highest BCUT2D eigenvalue weighted by molar-refractivity contribution is 5.76. The number of carbonyl (C=O) groups excluding carboxylic acids is 1. The van der Waals surface area contributed by atoms with Crippen LogP contribution in [0, 0.1) is 0 Å². The molecule has 1 aliphatic heterocycles. The van der Waals surface area contributed by atoms with Crippen LogP contribution >= 0.6 is 0 Å². The first-order valence-corrected chi connectivity index (χ1v) is 22.5. The van der Waals surface area contributed by atoms with Gasteiger partial charge >= 0.3 is 0 Å². The Labute approximate surface area is 341 Å². The first-order valence-electron chi connectivity index (χ1n) is 22.5. The minimum absolute atomic E-state index is 0.215. The normalized spacial score (nSPS) is 21.7. The maximum Gasteiger partial charge on any atom is 0.220 e.